The van der Waals surface area contributed by atoms with Crippen molar-refractivity contribution in [2.75, 3.05) is 27.4 Å². The zero-order valence-electron chi connectivity index (χ0n) is 20.3. The van der Waals surface area contributed by atoms with Gasteiger partial charge in [0.25, 0.3) is 0 Å². The molecule has 2 aliphatic rings. The molecule has 2 heterocycles. The zero-order valence-corrected chi connectivity index (χ0v) is 20.3. The molecule has 0 spiro atoms. The second-order valence-electron chi connectivity index (χ2n) is 9.92. The fourth-order valence-corrected chi connectivity index (χ4v) is 4.43. The summed E-state index contributed by atoms with van der Waals surface area (Å²) < 4.78 is 22.2. The summed E-state index contributed by atoms with van der Waals surface area (Å²) in [5.41, 5.74) is -0.439. The molecule has 0 aromatic heterocycles. The van der Waals surface area contributed by atoms with Crippen molar-refractivity contribution in [2.24, 2.45) is 5.92 Å². The number of hydrogen-bond donors (Lipinski definition) is 0. The lowest BCUT2D eigenvalue weighted by atomic mass is 9.97. The molecule has 2 atom stereocenters. The number of nitrogens with zero attached hydrogens (tertiary/aromatic N) is 2. The zero-order chi connectivity index (χ0) is 23.7. The molecule has 178 valence electrons. The highest BCUT2D eigenvalue weighted by molar-refractivity contribution is 5.81. The van der Waals surface area contributed by atoms with Crippen molar-refractivity contribution in [1.82, 2.24) is 9.80 Å². The van der Waals surface area contributed by atoms with Gasteiger partial charge in [0.1, 0.15) is 22.8 Å². The Labute approximate surface area is 190 Å². The van der Waals surface area contributed by atoms with E-state index in [9.17, 15) is 9.59 Å². The fraction of sp³-hybridized carbons (Fsp3) is 0.667. The van der Waals surface area contributed by atoms with Crippen LogP contribution in [0.5, 0.6) is 11.5 Å². The van der Waals surface area contributed by atoms with Gasteiger partial charge in [-0.1, -0.05) is 0 Å². The summed E-state index contributed by atoms with van der Waals surface area (Å²) in [4.78, 5) is 29.6. The van der Waals surface area contributed by atoms with Gasteiger partial charge >= 0.3 is 6.09 Å². The molecule has 1 aromatic rings. The number of amides is 2. The highest BCUT2D eigenvalue weighted by atomic mass is 16.6. The maximum Gasteiger partial charge on any atom is 0.412 e. The van der Waals surface area contributed by atoms with Gasteiger partial charge in [0.2, 0.25) is 5.91 Å². The Morgan fingerprint density at radius 1 is 1.22 bits per heavy atom. The van der Waals surface area contributed by atoms with Gasteiger partial charge in [0.15, 0.2) is 0 Å². The van der Waals surface area contributed by atoms with Crippen molar-refractivity contribution < 1.29 is 28.5 Å². The van der Waals surface area contributed by atoms with Crippen LogP contribution in [0.1, 0.15) is 53.0 Å². The Balaban J connectivity index is 1.67. The molecule has 0 saturated carbocycles. The Bertz CT molecular complexity index is 847. The van der Waals surface area contributed by atoms with E-state index in [1.807, 2.05) is 57.7 Å². The van der Waals surface area contributed by atoms with Gasteiger partial charge in [-0.25, -0.2) is 4.79 Å². The van der Waals surface area contributed by atoms with Crippen LogP contribution in [0, 0.1) is 5.92 Å². The molecule has 0 bridgehead atoms. The predicted molar refractivity (Wildman–Crippen MR) is 120 cm³/mol. The summed E-state index contributed by atoms with van der Waals surface area (Å²) >= 11 is 0. The van der Waals surface area contributed by atoms with E-state index in [0.717, 1.165) is 12.0 Å². The first-order chi connectivity index (χ1) is 14.9. The van der Waals surface area contributed by atoms with Crippen molar-refractivity contribution in [1.29, 1.82) is 0 Å². The first-order valence-corrected chi connectivity index (χ1v) is 11.1. The van der Waals surface area contributed by atoms with Crippen molar-refractivity contribution in [3.8, 4) is 11.5 Å². The molecule has 8 heteroatoms. The Morgan fingerprint density at radius 2 is 1.94 bits per heavy atom. The third-order valence-corrected chi connectivity index (χ3v) is 5.98. The molecule has 3 rings (SSSR count). The lowest BCUT2D eigenvalue weighted by molar-refractivity contribution is -0.132. The third-order valence-electron chi connectivity index (χ3n) is 5.98. The summed E-state index contributed by atoms with van der Waals surface area (Å²) in [6.45, 7) is 10.8. The number of ether oxygens (including phenoxy) is 4. The van der Waals surface area contributed by atoms with Gasteiger partial charge < -0.3 is 23.8 Å². The van der Waals surface area contributed by atoms with E-state index in [2.05, 4.69) is 0 Å². The van der Waals surface area contributed by atoms with Crippen LogP contribution in [0.15, 0.2) is 18.2 Å². The van der Waals surface area contributed by atoms with Crippen LogP contribution in [0.3, 0.4) is 0 Å². The van der Waals surface area contributed by atoms with Crippen LogP contribution in [0.2, 0.25) is 0 Å². The number of benzene rings is 1. The van der Waals surface area contributed by atoms with Crippen molar-refractivity contribution in [2.45, 2.75) is 71.4 Å². The summed E-state index contributed by atoms with van der Waals surface area (Å²) in [5, 5.41) is 0. The molecule has 8 nitrogen and oxygen atoms in total. The van der Waals surface area contributed by atoms with Crippen LogP contribution >= 0.6 is 0 Å². The average molecular weight is 449 g/mol. The number of likely N-dealkylation sites (tertiary alicyclic amines) is 1. The van der Waals surface area contributed by atoms with E-state index in [0.29, 0.717) is 37.6 Å². The highest BCUT2D eigenvalue weighted by Gasteiger charge is 2.47. The van der Waals surface area contributed by atoms with Crippen LogP contribution in [0.4, 0.5) is 4.79 Å². The molecule has 2 fully saturated rings. The number of hydrogen-bond acceptors (Lipinski definition) is 6. The normalized spacial score (nSPS) is 22.9. The van der Waals surface area contributed by atoms with Crippen molar-refractivity contribution in [3.63, 3.8) is 0 Å². The first-order valence-electron chi connectivity index (χ1n) is 11.1. The topological polar surface area (TPSA) is 77.5 Å². The molecular formula is C24H36N2O6. The number of carbonyl (C=O) groups excluding carboxylic acids is 2. The molecule has 2 amide bonds. The molecule has 1 aromatic carbocycles. The van der Waals surface area contributed by atoms with E-state index in [1.54, 1.807) is 19.1 Å². The van der Waals surface area contributed by atoms with E-state index in [1.165, 1.54) is 0 Å². The Hall–Kier alpha value is -2.48. The maximum atomic E-state index is 13.2. The molecule has 0 radical (unpaired) electrons. The number of methoxy groups -OCH3 is 2. The minimum Gasteiger partial charge on any atom is -0.497 e. The molecule has 0 unspecified atom stereocenters. The average Bonchev–Trinajstić information content (AvgIpc) is 3.20. The molecule has 2 saturated heterocycles. The lowest BCUT2D eigenvalue weighted by Gasteiger charge is -2.35. The van der Waals surface area contributed by atoms with Crippen molar-refractivity contribution in [3.05, 3.63) is 23.8 Å². The molecule has 0 N–H and O–H groups in total. The van der Waals surface area contributed by atoms with Gasteiger partial charge in [0.05, 0.1) is 26.9 Å². The van der Waals surface area contributed by atoms with Crippen LogP contribution in [-0.2, 0) is 20.8 Å². The second-order valence-corrected chi connectivity index (χ2v) is 9.92. The van der Waals surface area contributed by atoms with Crippen LogP contribution in [-0.4, -0.2) is 66.5 Å². The number of carbonyl (C=O) groups is 2. The Kier molecular flexibility index (Phi) is 6.93. The monoisotopic (exact) mass is 448 g/mol. The SMILES string of the molecule is COc1ccc(CN2CC[C@@H](C[C@H]3COC(C)(C)N3C(=O)OC(C)(C)C)C2=O)c(OC)c1. The molecular weight excluding hydrogens is 412 g/mol. The van der Waals surface area contributed by atoms with Gasteiger partial charge in [0, 0.05) is 30.6 Å². The molecule has 0 aliphatic carbocycles. The van der Waals surface area contributed by atoms with E-state index in [-0.39, 0.29) is 17.9 Å². The first kappa shape index (κ1) is 24.2. The van der Waals surface area contributed by atoms with Gasteiger partial charge in [-0.15, -0.1) is 0 Å². The van der Waals surface area contributed by atoms with Gasteiger partial charge in [-0.3, -0.25) is 9.69 Å². The quantitative estimate of drug-likeness (QED) is 0.659. The summed E-state index contributed by atoms with van der Waals surface area (Å²) in [5.74, 6) is 1.34. The van der Waals surface area contributed by atoms with Gasteiger partial charge in [-0.05, 0) is 59.6 Å². The predicted octanol–water partition coefficient (Wildman–Crippen LogP) is 3.81. The molecule has 32 heavy (non-hydrogen) atoms. The van der Waals surface area contributed by atoms with E-state index >= 15 is 0 Å². The van der Waals surface area contributed by atoms with E-state index in [4.69, 9.17) is 18.9 Å². The van der Waals surface area contributed by atoms with E-state index < -0.39 is 17.4 Å². The third kappa shape index (κ3) is 5.28. The van der Waals surface area contributed by atoms with Crippen LogP contribution in [0.25, 0.3) is 0 Å². The molecule has 2 aliphatic heterocycles. The van der Waals surface area contributed by atoms with Gasteiger partial charge in [-0.2, -0.15) is 0 Å². The fourth-order valence-electron chi connectivity index (χ4n) is 4.43. The Morgan fingerprint density at radius 3 is 2.56 bits per heavy atom. The number of rotatable bonds is 6. The highest BCUT2D eigenvalue weighted by Crippen LogP contribution is 2.35. The minimum atomic E-state index is -0.773. The smallest absolute Gasteiger partial charge is 0.412 e. The van der Waals surface area contributed by atoms with Crippen LogP contribution < -0.4 is 9.47 Å². The standard InChI is InChI=1S/C24H36N2O6/c1-23(2,3)32-22(28)26-18(15-31-24(26,4)5)12-16-10-11-25(21(16)27)14-17-8-9-19(29-6)13-20(17)30-7/h8-9,13,16,18H,10-12,14-15H2,1-7H3/t16-,18-/m0/s1. The minimum absolute atomic E-state index is 0.0942. The van der Waals surface area contributed by atoms with Crippen molar-refractivity contribution >= 4 is 12.0 Å². The maximum absolute atomic E-state index is 13.2. The second kappa shape index (κ2) is 9.17. The summed E-state index contributed by atoms with van der Waals surface area (Å²) in [6.07, 6.45) is 0.893. The summed E-state index contributed by atoms with van der Waals surface area (Å²) in [6, 6.07) is 5.41. The largest absolute Gasteiger partial charge is 0.497 e. The lowest BCUT2D eigenvalue weighted by Crippen LogP contribution is -2.50. The summed E-state index contributed by atoms with van der Waals surface area (Å²) in [7, 11) is 3.22.